The summed E-state index contributed by atoms with van der Waals surface area (Å²) in [7, 11) is 0. The van der Waals surface area contributed by atoms with Gasteiger partial charge < -0.3 is 5.32 Å². The van der Waals surface area contributed by atoms with Gasteiger partial charge in [-0.25, -0.2) is 0 Å². The van der Waals surface area contributed by atoms with E-state index in [0.717, 1.165) is 50.1 Å². The third-order valence-electron chi connectivity index (χ3n) is 2.79. The van der Waals surface area contributed by atoms with Crippen LogP contribution in [0.3, 0.4) is 0 Å². The van der Waals surface area contributed by atoms with Crippen LogP contribution in [0.4, 0.5) is 0 Å². The number of hydrogen-bond acceptors (Lipinski definition) is 3. The second-order valence-electron chi connectivity index (χ2n) is 3.84. The number of aldehydes is 1. The summed E-state index contributed by atoms with van der Waals surface area (Å²) in [6.45, 7) is 5.10. The summed E-state index contributed by atoms with van der Waals surface area (Å²) in [4.78, 5) is 13.2. The quantitative estimate of drug-likeness (QED) is 0.743. The number of rotatable bonds is 3. The number of piperazine rings is 1. The zero-order valence-electron chi connectivity index (χ0n) is 8.78. The lowest BCUT2D eigenvalue weighted by atomic mass is 10.1. The van der Waals surface area contributed by atoms with Crippen LogP contribution in [0.2, 0.25) is 0 Å². The van der Waals surface area contributed by atoms with Gasteiger partial charge in [-0.2, -0.15) is 0 Å². The molecule has 0 unspecified atom stereocenters. The number of hydrogen-bond donors (Lipinski definition) is 1. The molecule has 0 spiro atoms. The van der Waals surface area contributed by atoms with Crippen molar-refractivity contribution in [1.29, 1.82) is 0 Å². The van der Waals surface area contributed by atoms with E-state index in [1.807, 2.05) is 24.3 Å². The van der Waals surface area contributed by atoms with Crippen LogP contribution in [0.25, 0.3) is 0 Å². The molecule has 80 valence electrons. The van der Waals surface area contributed by atoms with E-state index in [9.17, 15) is 4.79 Å². The molecule has 0 saturated carbocycles. The maximum absolute atomic E-state index is 10.8. The first-order valence-electron chi connectivity index (χ1n) is 5.36. The Labute approximate surface area is 90.1 Å². The summed E-state index contributed by atoms with van der Waals surface area (Å²) >= 11 is 0. The minimum absolute atomic E-state index is 0.816. The lowest BCUT2D eigenvalue weighted by Gasteiger charge is -2.27. The van der Waals surface area contributed by atoms with E-state index in [1.165, 1.54) is 0 Å². The molecule has 0 aliphatic carbocycles. The largest absolute Gasteiger partial charge is 0.314 e. The highest BCUT2D eigenvalue weighted by Crippen LogP contribution is 2.10. The smallest absolute Gasteiger partial charge is 0.150 e. The second-order valence-corrected chi connectivity index (χ2v) is 3.84. The van der Waals surface area contributed by atoms with Crippen LogP contribution in [0, 0.1) is 0 Å². The number of nitrogens with one attached hydrogen (secondary N) is 1. The molecule has 3 nitrogen and oxygen atoms in total. The maximum atomic E-state index is 10.8. The Morgan fingerprint density at radius 2 is 2.00 bits per heavy atom. The van der Waals surface area contributed by atoms with Crippen molar-refractivity contribution in [2.75, 3.05) is 26.2 Å². The van der Waals surface area contributed by atoms with Crippen molar-refractivity contribution >= 4 is 6.29 Å². The minimum atomic E-state index is 0.816. The lowest BCUT2D eigenvalue weighted by molar-refractivity contribution is 0.112. The van der Waals surface area contributed by atoms with E-state index in [2.05, 4.69) is 10.2 Å². The molecule has 1 aliphatic rings. The maximum Gasteiger partial charge on any atom is 0.150 e. The Morgan fingerprint density at radius 1 is 1.27 bits per heavy atom. The van der Waals surface area contributed by atoms with Crippen molar-refractivity contribution in [2.24, 2.45) is 0 Å². The average molecular weight is 204 g/mol. The molecule has 1 heterocycles. The fourth-order valence-electron chi connectivity index (χ4n) is 1.90. The van der Waals surface area contributed by atoms with Crippen LogP contribution in [0.15, 0.2) is 24.3 Å². The molecule has 1 aromatic carbocycles. The third-order valence-corrected chi connectivity index (χ3v) is 2.79. The lowest BCUT2D eigenvalue weighted by Crippen LogP contribution is -2.43. The molecule has 1 saturated heterocycles. The minimum Gasteiger partial charge on any atom is -0.314 e. The zero-order chi connectivity index (χ0) is 10.5. The molecular formula is C12H16N2O. The highest BCUT2D eigenvalue weighted by Gasteiger charge is 2.11. The van der Waals surface area contributed by atoms with Crippen molar-refractivity contribution in [2.45, 2.75) is 6.54 Å². The Bertz CT molecular complexity index is 332. The van der Waals surface area contributed by atoms with E-state index < -0.39 is 0 Å². The molecule has 3 heteroatoms. The monoisotopic (exact) mass is 204 g/mol. The third kappa shape index (κ3) is 2.64. The second kappa shape index (κ2) is 5.05. The van der Waals surface area contributed by atoms with Gasteiger partial charge in [0.15, 0.2) is 0 Å². The van der Waals surface area contributed by atoms with Gasteiger partial charge in [-0.1, -0.05) is 24.3 Å². The van der Waals surface area contributed by atoms with Gasteiger partial charge in [-0.15, -0.1) is 0 Å². The normalized spacial score (nSPS) is 17.6. The molecule has 1 aromatic rings. The average Bonchev–Trinajstić information content (AvgIpc) is 2.31. The number of carbonyl (C=O) groups excluding carboxylic acids is 1. The first-order chi connectivity index (χ1) is 7.40. The van der Waals surface area contributed by atoms with E-state index >= 15 is 0 Å². The highest BCUT2D eigenvalue weighted by atomic mass is 16.1. The van der Waals surface area contributed by atoms with E-state index in [4.69, 9.17) is 0 Å². The predicted molar refractivity (Wildman–Crippen MR) is 60.0 cm³/mol. The summed E-state index contributed by atoms with van der Waals surface area (Å²) in [6, 6.07) is 7.81. The van der Waals surface area contributed by atoms with Crippen LogP contribution in [-0.2, 0) is 6.54 Å². The van der Waals surface area contributed by atoms with Crippen LogP contribution in [0.1, 0.15) is 15.9 Å². The van der Waals surface area contributed by atoms with Crippen LogP contribution >= 0.6 is 0 Å². The number of benzene rings is 1. The molecule has 1 aliphatic heterocycles. The van der Waals surface area contributed by atoms with Gasteiger partial charge in [0, 0.05) is 38.3 Å². The van der Waals surface area contributed by atoms with E-state index in [1.54, 1.807) is 0 Å². The fraction of sp³-hybridized carbons (Fsp3) is 0.417. The van der Waals surface area contributed by atoms with Gasteiger partial charge >= 0.3 is 0 Å². The van der Waals surface area contributed by atoms with Crippen molar-refractivity contribution in [3.63, 3.8) is 0 Å². The standard InChI is InChI=1S/C12H16N2O/c15-10-12-4-2-1-3-11(12)9-14-7-5-13-6-8-14/h1-4,10,13H,5-9H2. The highest BCUT2D eigenvalue weighted by molar-refractivity contribution is 5.77. The summed E-state index contributed by atoms with van der Waals surface area (Å²) in [5.74, 6) is 0. The molecule has 0 amide bonds. The summed E-state index contributed by atoms with van der Waals surface area (Å²) in [5, 5.41) is 3.32. The van der Waals surface area contributed by atoms with Crippen LogP contribution < -0.4 is 5.32 Å². The molecular weight excluding hydrogens is 188 g/mol. The van der Waals surface area contributed by atoms with E-state index in [-0.39, 0.29) is 0 Å². The van der Waals surface area contributed by atoms with Gasteiger partial charge in [-0.3, -0.25) is 9.69 Å². The molecule has 1 N–H and O–H groups in total. The molecule has 2 rings (SSSR count). The Kier molecular flexibility index (Phi) is 3.48. The van der Waals surface area contributed by atoms with Crippen molar-refractivity contribution in [1.82, 2.24) is 10.2 Å². The van der Waals surface area contributed by atoms with Crippen molar-refractivity contribution < 1.29 is 4.79 Å². The molecule has 0 aromatic heterocycles. The Hall–Kier alpha value is -1.19. The number of nitrogens with zero attached hydrogens (tertiary/aromatic N) is 1. The first-order valence-corrected chi connectivity index (χ1v) is 5.36. The van der Waals surface area contributed by atoms with Gasteiger partial charge in [0.05, 0.1) is 0 Å². The fourth-order valence-corrected chi connectivity index (χ4v) is 1.90. The topological polar surface area (TPSA) is 32.3 Å². The van der Waals surface area contributed by atoms with Crippen LogP contribution in [-0.4, -0.2) is 37.4 Å². The van der Waals surface area contributed by atoms with Crippen molar-refractivity contribution in [3.05, 3.63) is 35.4 Å². The number of carbonyl (C=O) groups is 1. The Balaban J connectivity index is 2.05. The molecule has 15 heavy (non-hydrogen) atoms. The SMILES string of the molecule is O=Cc1ccccc1CN1CCNCC1. The summed E-state index contributed by atoms with van der Waals surface area (Å²) in [6.07, 6.45) is 0.942. The molecule has 0 radical (unpaired) electrons. The zero-order valence-corrected chi connectivity index (χ0v) is 8.78. The van der Waals surface area contributed by atoms with Crippen molar-refractivity contribution in [3.8, 4) is 0 Å². The van der Waals surface area contributed by atoms with E-state index in [0.29, 0.717) is 0 Å². The summed E-state index contributed by atoms with van der Waals surface area (Å²) < 4.78 is 0. The van der Waals surface area contributed by atoms with Gasteiger partial charge in [0.1, 0.15) is 6.29 Å². The molecule has 0 atom stereocenters. The summed E-state index contributed by atoms with van der Waals surface area (Å²) in [5.41, 5.74) is 1.95. The van der Waals surface area contributed by atoms with Gasteiger partial charge in [0.25, 0.3) is 0 Å². The van der Waals surface area contributed by atoms with Gasteiger partial charge in [-0.05, 0) is 5.56 Å². The first kappa shape index (κ1) is 10.3. The Morgan fingerprint density at radius 3 is 2.73 bits per heavy atom. The van der Waals surface area contributed by atoms with Gasteiger partial charge in [0.2, 0.25) is 0 Å². The predicted octanol–water partition coefficient (Wildman–Crippen LogP) is 0.904. The molecule has 0 bridgehead atoms. The molecule has 1 fully saturated rings. The van der Waals surface area contributed by atoms with Crippen LogP contribution in [0.5, 0.6) is 0 Å².